The maximum absolute atomic E-state index is 12.5. The first-order chi connectivity index (χ1) is 13.8. The lowest BCUT2D eigenvalue weighted by Crippen LogP contribution is -2.19. The summed E-state index contributed by atoms with van der Waals surface area (Å²) in [6.07, 6.45) is 0. The van der Waals surface area contributed by atoms with Crippen LogP contribution in [-0.2, 0) is 10.0 Å². The van der Waals surface area contributed by atoms with Crippen LogP contribution < -0.4 is 15.4 Å². The lowest BCUT2D eigenvalue weighted by atomic mass is 10.1. The standard InChI is InChI=1S/C21H19N3O3S2/c1-15(25)16-7-9-17(10-8-16)22-21(28)23-18-11-13-20(14-12-18)29(26,27)24-19-5-3-2-4-6-19/h2-14,24H,1H3,(H2,22,23,28). The van der Waals surface area contributed by atoms with Crippen LogP contribution in [0.2, 0.25) is 0 Å². The van der Waals surface area contributed by atoms with Gasteiger partial charge in [-0.25, -0.2) is 8.42 Å². The maximum Gasteiger partial charge on any atom is 0.261 e. The summed E-state index contributed by atoms with van der Waals surface area (Å²) in [4.78, 5) is 11.5. The Kier molecular flexibility index (Phi) is 6.26. The number of nitrogens with one attached hydrogen (secondary N) is 3. The Balaban J connectivity index is 1.62. The minimum atomic E-state index is -3.67. The number of carbonyl (C=O) groups excluding carboxylic acids is 1. The third-order valence-corrected chi connectivity index (χ3v) is 5.60. The Hall–Kier alpha value is -3.23. The topological polar surface area (TPSA) is 87.3 Å². The summed E-state index contributed by atoms with van der Waals surface area (Å²) in [5, 5.41) is 6.35. The molecule has 0 amide bonds. The van der Waals surface area contributed by atoms with Crippen molar-refractivity contribution in [1.29, 1.82) is 0 Å². The van der Waals surface area contributed by atoms with Crippen molar-refractivity contribution in [2.45, 2.75) is 11.8 Å². The van der Waals surface area contributed by atoms with Gasteiger partial charge >= 0.3 is 0 Å². The maximum atomic E-state index is 12.5. The molecular formula is C21H19N3O3S2. The smallest absolute Gasteiger partial charge is 0.261 e. The van der Waals surface area contributed by atoms with Gasteiger partial charge in [-0.1, -0.05) is 18.2 Å². The predicted octanol–water partition coefficient (Wildman–Crippen LogP) is 4.50. The molecule has 3 aromatic rings. The van der Waals surface area contributed by atoms with Crippen molar-refractivity contribution < 1.29 is 13.2 Å². The zero-order chi connectivity index (χ0) is 20.9. The van der Waals surface area contributed by atoms with E-state index in [-0.39, 0.29) is 10.7 Å². The van der Waals surface area contributed by atoms with Crippen molar-refractivity contribution >= 4 is 50.2 Å². The third kappa shape index (κ3) is 5.63. The first kappa shape index (κ1) is 20.5. The van der Waals surface area contributed by atoms with Gasteiger partial charge in [0.1, 0.15) is 0 Å². The molecule has 0 aliphatic rings. The molecule has 0 aromatic heterocycles. The van der Waals surface area contributed by atoms with Crippen LogP contribution in [0, 0.1) is 0 Å². The quantitative estimate of drug-likeness (QED) is 0.398. The van der Waals surface area contributed by atoms with Gasteiger partial charge < -0.3 is 10.6 Å². The van der Waals surface area contributed by atoms with E-state index in [1.165, 1.54) is 19.1 Å². The molecule has 0 bridgehead atoms. The van der Waals surface area contributed by atoms with Gasteiger partial charge in [0.15, 0.2) is 10.9 Å². The van der Waals surface area contributed by atoms with Gasteiger partial charge in [0.05, 0.1) is 4.90 Å². The van der Waals surface area contributed by atoms with Crippen LogP contribution in [0.3, 0.4) is 0 Å². The summed E-state index contributed by atoms with van der Waals surface area (Å²) in [6, 6.07) is 21.9. The molecule has 0 atom stereocenters. The molecule has 0 spiro atoms. The summed E-state index contributed by atoms with van der Waals surface area (Å²) in [5.41, 5.74) is 2.49. The van der Waals surface area contributed by atoms with E-state index in [9.17, 15) is 13.2 Å². The van der Waals surface area contributed by atoms with Crippen molar-refractivity contribution in [2.24, 2.45) is 0 Å². The highest BCUT2D eigenvalue weighted by atomic mass is 32.2. The van der Waals surface area contributed by atoms with Crippen LogP contribution in [0.25, 0.3) is 0 Å². The lowest BCUT2D eigenvalue weighted by Gasteiger charge is -2.12. The van der Waals surface area contributed by atoms with E-state index in [2.05, 4.69) is 15.4 Å². The Morgan fingerprint density at radius 3 is 1.79 bits per heavy atom. The van der Waals surface area contributed by atoms with E-state index >= 15 is 0 Å². The monoisotopic (exact) mass is 425 g/mol. The van der Waals surface area contributed by atoms with E-state index in [1.54, 1.807) is 60.7 Å². The molecule has 6 nitrogen and oxygen atoms in total. The Bertz CT molecular complexity index is 1110. The summed E-state index contributed by atoms with van der Waals surface area (Å²) in [5.74, 6) is -0.00551. The Labute approximate surface area is 175 Å². The van der Waals surface area contributed by atoms with Gasteiger partial charge in [0, 0.05) is 22.6 Å². The SMILES string of the molecule is CC(=O)c1ccc(NC(=S)Nc2ccc(S(=O)(=O)Nc3ccccc3)cc2)cc1. The molecule has 0 aliphatic carbocycles. The van der Waals surface area contributed by atoms with Crippen molar-refractivity contribution in [1.82, 2.24) is 0 Å². The number of hydrogen-bond donors (Lipinski definition) is 3. The number of benzene rings is 3. The van der Waals surface area contributed by atoms with E-state index < -0.39 is 10.0 Å². The number of rotatable bonds is 6. The van der Waals surface area contributed by atoms with E-state index in [0.29, 0.717) is 22.1 Å². The van der Waals surface area contributed by atoms with Crippen LogP contribution in [-0.4, -0.2) is 19.3 Å². The van der Waals surface area contributed by atoms with Crippen LogP contribution in [0.15, 0.2) is 83.8 Å². The molecule has 0 saturated carbocycles. The average Bonchev–Trinajstić information content (AvgIpc) is 2.69. The van der Waals surface area contributed by atoms with E-state index in [4.69, 9.17) is 12.2 Å². The van der Waals surface area contributed by atoms with Crippen molar-refractivity contribution in [2.75, 3.05) is 15.4 Å². The number of anilines is 3. The first-order valence-electron chi connectivity index (χ1n) is 8.70. The number of para-hydroxylation sites is 1. The summed E-state index contributed by atoms with van der Waals surface area (Å²) in [6.45, 7) is 1.51. The molecule has 3 N–H and O–H groups in total. The molecule has 3 rings (SSSR count). The Morgan fingerprint density at radius 2 is 1.28 bits per heavy atom. The molecule has 0 radical (unpaired) electrons. The fourth-order valence-corrected chi connectivity index (χ4v) is 3.81. The van der Waals surface area contributed by atoms with Crippen molar-refractivity contribution in [3.05, 3.63) is 84.4 Å². The highest BCUT2D eigenvalue weighted by Crippen LogP contribution is 2.18. The van der Waals surface area contributed by atoms with Crippen molar-refractivity contribution in [3.8, 4) is 0 Å². The van der Waals surface area contributed by atoms with Crippen LogP contribution in [0.5, 0.6) is 0 Å². The van der Waals surface area contributed by atoms with Gasteiger partial charge in [-0.2, -0.15) is 0 Å². The van der Waals surface area contributed by atoms with E-state index in [0.717, 1.165) is 5.69 Å². The number of hydrogen-bond acceptors (Lipinski definition) is 4. The molecule has 148 valence electrons. The molecule has 0 unspecified atom stereocenters. The number of ketones is 1. The number of sulfonamides is 1. The van der Waals surface area contributed by atoms with Gasteiger partial charge in [0.2, 0.25) is 0 Å². The van der Waals surface area contributed by atoms with Gasteiger partial charge in [-0.3, -0.25) is 9.52 Å². The van der Waals surface area contributed by atoms with Crippen LogP contribution in [0.1, 0.15) is 17.3 Å². The first-order valence-corrected chi connectivity index (χ1v) is 10.6. The average molecular weight is 426 g/mol. The lowest BCUT2D eigenvalue weighted by molar-refractivity contribution is 0.101. The third-order valence-electron chi connectivity index (χ3n) is 4.00. The molecular weight excluding hydrogens is 406 g/mol. The number of Topliss-reactive ketones (excluding diaryl/α,β-unsaturated/α-hetero) is 1. The molecule has 0 aliphatic heterocycles. The summed E-state index contributed by atoms with van der Waals surface area (Å²) >= 11 is 5.28. The fourth-order valence-electron chi connectivity index (χ4n) is 2.52. The molecule has 8 heteroatoms. The van der Waals surface area contributed by atoms with Gasteiger partial charge in [-0.05, 0) is 79.8 Å². The predicted molar refractivity (Wildman–Crippen MR) is 120 cm³/mol. The van der Waals surface area contributed by atoms with Gasteiger partial charge in [0.25, 0.3) is 10.0 Å². The second-order valence-corrected chi connectivity index (χ2v) is 8.30. The fraction of sp³-hybridized carbons (Fsp3) is 0.0476. The zero-order valence-electron chi connectivity index (χ0n) is 15.5. The minimum Gasteiger partial charge on any atom is -0.332 e. The molecule has 0 saturated heterocycles. The number of carbonyl (C=O) groups is 1. The second-order valence-electron chi connectivity index (χ2n) is 6.21. The molecule has 3 aromatic carbocycles. The highest BCUT2D eigenvalue weighted by Gasteiger charge is 2.14. The van der Waals surface area contributed by atoms with Crippen molar-refractivity contribution in [3.63, 3.8) is 0 Å². The van der Waals surface area contributed by atoms with E-state index in [1.807, 2.05) is 6.07 Å². The zero-order valence-corrected chi connectivity index (χ0v) is 17.2. The second kappa shape index (κ2) is 8.85. The normalized spacial score (nSPS) is 10.8. The molecule has 0 heterocycles. The van der Waals surface area contributed by atoms with Crippen LogP contribution in [0.4, 0.5) is 17.1 Å². The summed E-state index contributed by atoms with van der Waals surface area (Å²) in [7, 11) is -3.67. The Morgan fingerprint density at radius 1 is 0.759 bits per heavy atom. The van der Waals surface area contributed by atoms with Crippen LogP contribution >= 0.6 is 12.2 Å². The minimum absolute atomic E-state index is 0.00551. The summed E-state index contributed by atoms with van der Waals surface area (Å²) < 4.78 is 27.4. The molecule has 0 fully saturated rings. The van der Waals surface area contributed by atoms with Gasteiger partial charge in [-0.15, -0.1) is 0 Å². The highest BCUT2D eigenvalue weighted by molar-refractivity contribution is 7.92. The molecule has 29 heavy (non-hydrogen) atoms. The number of thiocarbonyl (C=S) groups is 1. The largest absolute Gasteiger partial charge is 0.332 e.